The Morgan fingerprint density at radius 2 is 1.73 bits per heavy atom. The summed E-state index contributed by atoms with van der Waals surface area (Å²) in [6, 6.07) is 7.42. The first-order valence-corrected chi connectivity index (χ1v) is 11.9. The minimum Gasteiger partial charge on any atom is -0.466 e. The molecule has 1 aliphatic carbocycles. The lowest BCUT2D eigenvalue weighted by molar-refractivity contribution is -0.144. The van der Waals surface area contributed by atoms with Gasteiger partial charge in [-0.15, -0.1) is 0 Å². The molecule has 1 fully saturated rings. The fourth-order valence-corrected chi connectivity index (χ4v) is 4.20. The lowest BCUT2D eigenvalue weighted by Crippen LogP contribution is -2.47. The number of nitrogens with one attached hydrogen (secondary N) is 2. The summed E-state index contributed by atoms with van der Waals surface area (Å²) in [5, 5.41) is 5.53. The molecule has 0 atom stereocenters. The van der Waals surface area contributed by atoms with Gasteiger partial charge in [-0.25, -0.2) is 13.8 Å². The van der Waals surface area contributed by atoms with Crippen LogP contribution in [0.5, 0.6) is 0 Å². The van der Waals surface area contributed by atoms with Gasteiger partial charge in [-0.3, -0.25) is 14.9 Å². The van der Waals surface area contributed by atoms with E-state index in [1.807, 2.05) is 0 Å². The molecular formula is C26H28F5N3O3. The first kappa shape index (κ1) is 28.1. The number of halogens is 5. The van der Waals surface area contributed by atoms with Gasteiger partial charge in [0.25, 0.3) is 5.91 Å². The van der Waals surface area contributed by atoms with Crippen molar-refractivity contribution in [2.24, 2.45) is 10.9 Å². The molecule has 0 saturated heterocycles. The Labute approximate surface area is 211 Å². The van der Waals surface area contributed by atoms with Crippen molar-refractivity contribution in [2.45, 2.75) is 57.8 Å². The van der Waals surface area contributed by atoms with Crippen molar-refractivity contribution in [1.82, 2.24) is 10.6 Å². The van der Waals surface area contributed by atoms with Crippen LogP contribution in [0.4, 0.5) is 22.0 Å². The molecule has 3 rings (SSSR count). The Bertz CT molecular complexity index is 1130. The Morgan fingerprint density at radius 3 is 2.38 bits per heavy atom. The summed E-state index contributed by atoms with van der Waals surface area (Å²) in [6.07, 6.45) is -1.60. The van der Waals surface area contributed by atoms with E-state index in [0.717, 1.165) is 24.3 Å². The third-order valence-corrected chi connectivity index (χ3v) is 6.09. The van der Waals surface area contributed by atoms with Crippen LogP contribution in [0.3, 0.4) is 0 Å². The van der Waals surface area contributed by atoms with Crippen molar-refractivity contribution < 1.29 is 36.3 Å². The van der Waals surface area contributed by atoms with E-state index in [2.05, 4.69) is 15.6 Å². The fraction of sp³-hybridized carbons (Fsp3) is 0.423. The molecule has 0 bridgehead atoms. The van der Waals surface area contributed by atoms with Gasteiger partial charge in [0, 0.05) is 18.0 Å². The summed E-state index contributed by atoms with van der Waals surface area (Å²) < 4.78 is 72.0. The zero-order chi connectivity index (χ0) is 27.0. The van der Waals surface area contributed by atoms with Crippen molar-refractivity contribution in [3.05, 3.63) is 70.8 Å². The molecule has 6 nitrogen and oxygen atoms in total. The molecule has 1 aliphatic rings. The zero-order valence-electron chi connectivity index (χ0n) is 20.2. The maximum atomic E-state index is 13.6. The number of hydrogen-bond donors (Lipinski definition) is 2. The van der Waals surface area contributed by atoms with Gasteiger partial charge in [0.1, 0.15) is 0 Å². The second-order valence-corrected chi connectivity index (χ2v) is 8.77. The standard InChI is InChI=1S/C26H28F5N3O3/c1-2-37-23(35)13-16-7-10-19(11-8-16)33-25(34-24(36)17-9-12-21(27)22(28)14-17)32-15-18-5-3-4-6-20(18)26(29,30)31/h3-6,9,12,14,16,19H,2,7-8,10-11,13,15H2,1H3,(H2,32,33,34,36). The highest BCUT2D eigenvalue weighted by atomic mass is 19.4. The molecule has 2 aromatic rings. The van der Waals surface area contributed by atoms with Crippen LogP contribution in [-0.2, 0) is 22.3 Å². The topological polar surface area (TPSA) is 79.8 Å². The number of amides is 1. The molecule has 37 heavy (non-hydrogen) atoms. The minimum absolute atomic E-state index is 0.0828. The Balaban J connectivity index is 1.74. The molecule has 0 aliphatic heterocycles. The molecule has 2 aromatic carbocycles. The number of ether oxygens (including phenoxy) is 1. The van der Waals surface area contributed by atoms with Crippen LogP contribution >= 0.6 is 0 Å². The number of rotatable bonds is 7. The number of esters is 1. The average molecular weight is 526 g/mol. The summed E-state index contributed by atoms with van der Waals surface area (Å²) in [7, 11) is 0. The molecule has 1 saturated carbocycles. The monoisotopic (exact) mass is 525 g/mol. The number of alkyl halides is 3. The highest BCUT2D eigenvalue weighted by Crippen LogP contribution is 2.32. The van der Waals surface area contributed by atoms with Gasteiger partial charge in [-0.05, 0) is 68.4 Å². The van der Waals surface area contributed by atoms with E-state index >= 15 is 0 Å². The predicted molar refractivity (Wildman–Crippen MR) is 127 cm³/mol. The van der Waals surface area contributed by atoms with Crippen molar-refractivity contribution in [3.63, 3.8) is 0 Å². The molecule has 11 heteroatoms. The van der Waals surface area contributed by atoms with Gasteiger partial charge in [-0.1, -0.05) is 18.2 Å². The second-order valence-electron chi connectivity index (χ2n) is 8.77. The maximum absolute atomic E-state index is 13.6. The van der Waals surface area contributed by atoms with Crippen LogP contribution in [0, 0.1) is 17.6 Å². The first-order chi connectivity index (χ1) is 17.6. The number of carbonyl (C=O) groups excluding carboxylic acids is 2. The lowest BCUT2D eigenvalue weighted by atomic mass is 9.84. The van der Waals surface area contributed by atoms with Crippen LogP contribution in [0.25, 0.3) is 0 Å². The lowest BCUT2D eigenvalue weighted by Gasteiger charge is -2.29. The largest absolute Gasteiger partial charge is 0.466 e. The number of benzene rings is 2. The molecule has 1 amide bonds. The Hall–Kier alpha value is -3.50. The van der Waals surface area contributed by atoms with Crippen LogP contribution in [0.15, 0.2) is 47.5 Å². The number of hydrogen-bond acceptors (Lipinski definition) is 4. The first-order valence-electron chi connectivity index (χ1n) is 11.9. The van der Waals surface area contributed by atoms with Gasteiger partial charge < -0.3 is 10.1 Å². The quantitative estimate of drug-likeness (QED) is 0.221. The van der Waals surface area contributed by atoms with Gasteiger partial charge in [0.2, 0.25) is 0 Å². The van der Waals surface area contributed by atoms with Crippen molar-refractivity contribution >= 4 is 17.8 Å². The summed E-state index contributed by atoms with van der Waals surface area (Å²) in [5.74, 6) is -3.33. The Morgan fingerprint density at radius 1 is 1.03 bits per heavy atom. The second kappa shape index (κ2) is 12.6. The summed E-state index contributed by atoms with van der Waals surface area (Å²) >= 11 is 0. The normalized spacial score (nSPS) is 18.3. The van der Waals surface area contributed by atoms with E-state index in [9.17, 15) is 31.5 Å². The van der Waals surface area contributed by atoms with E-state index in [1.54, 1.807) is 6.92 Å². The maximum Gasteiger partial charge on any atom is 0.416 e. The minimum atomic E-state index is -4.58. The van der Waals surface area contributed by atoms with E-state index in [4.69, 9.17) is 4.74 Å². The van der Waals surface area contributed by atoms with Crippen LogP contribution in [0.1, 0.15) is 60.5 Å². The van der Waals surface area contributed by atoms with Gasteiger partial charge >= 0.3 is 12.1 Å². The highest BCUT2D eigenvalue weighted by Gasteiger charge is 2.33. The molecular weight excluding hydrogens is 497 g/mol. The molecule has 0 unspecified atom stereocenters. The Kier molecular flexibility index (Phi) is 9.60. The van der Waals surface area contributed by atoms with E-state index in [0.29, 0.717) is 38.7 Å². The predicted octanol–water partition coefficient (Wildman–Crippen LogP) is 5.37. The fourth-order valence-electron chi connectivity index (χ4n) is 4.20. The molecule has 0 radical (unpaired) electrons. The molecule has 0 aromatic heterocycles. The highest BCUT2D eigenvalue weighted by molar-refractivity contribution is 6.05. The van der Waals surface area contributed by atoms with Crippen molar-refractivity contribution in [3.8, 4) is 0 Å². The number of aliphatic imine (C=N–C) groups is 1. The molecule has 2 N–H and O–H groups in total. The van der Waals surface area contributed by atoms with Crippen LogP contribution in [0.2, 0.25) is 0 Å². The van der Waals surface area contributed by atoms with Crippen LogP contribution < -0.4 is 10.6 Å². The summed E-state index contributed by atoms with van der Waals surface area (Å²) in [6.45, 7) is 1.67. The number of nitrogens with zero attached hydrogens (tertiary/aromatic N) is 1. The van der Waals surface area contributed by atoms with Gasteiger partial charge in [0.15, 0.2) is 17.6 Å². The van der Waals surface area contributed by atoms with E-state index in [-0.39, 0.29) is 41.6 Å². The van der Waals surface area contributed by atoms with E-state index in [1.165, 1.54) is 18.2 Å². The summed E-state index contributed by atoms with van der Waals surface area (Å²) in [5.41, 5.74) is -1.11. The van der Waals surface area contributed by atoms with Crippen molar-refractivity contribution in [2.75, 3.05) is 6.61 Å². The average Bonchev–Trinajstić information content (AvgIpc) is 2.85. The van der Waals surface area contributed by atoms with Gasteiger partial charge in [0.05, 0.1) is 18.7 Å². The van der Waals surface area contributed by atoms with E-state index < -0.39 is 29.3 Å². The van der Waals surface area contributed by atoms with Crippen LogP contribution in [-0.4, -0.2) is 30.5 Å². The SMILES string of the molecule is CCOC(=O)CC1CCC(NC(=NCc2ccccc2C(F)(F)F)NC(=O)c2ccc(F)c(F)c2)CC1. The third-order valence-electron chi connectivity index (χ3n) is 6.09. The molecule has 200 valence electrons. The zero-order valence-corrected chi connectivity index (χ0v) is 20.2. The summed E-state index contributed by atoms with van der Waals surface area (Å²) in [4.78, 5) is 28.6. The number of guanidine groups is 1. The smallest absolute Gasteiger partial charge is 0.416 e. The van der Waals surface area contributed by atoms with Crippen molar-refractivity contribution in [1.29, 1.82) is 0 Å². The van der Waals surface area contributed by atoms with Gasteiger partial charge in [-0.2, -0.15) is 13.2 Å². The number of carbonyl (C=O) groups is 2. The molecule has 0 heterocycles. The molecule has 0 spiro atoms. The third kappa shape index (κ3) is 8.26.